The van der Waals surface area contributed by atoms with Gasteiger partial charge >= 0.3 is 0 Å². The summed E-state index contributed by atoms with van der Waals surface area (Å²) in [6.45, 7) is 5.16. The molecule has 1 atom stereocenters. The lowest BCUT2D eigenvalue weighted by atomic mass is 10.3. The molecule has 1 aliphatic rings. The molecule has 0 bridgehead atoms. The quantitative estimate of drug-likeness (QED) is 0.739. The van der Waals surface area contributed by atoms with E-state index in [4.69, 9.17) is 4.74 Å². The van der Waals surface area contributed by atoms with Crippen LogP contribution in [0.2, 0.25) is 0 Å². The first-order valence-electron chi connectivity index (χ1n) is 6.32. The minimum absolute atomic E-state index is 0.0465. The molecule has 0 saturated carbocycles. The standard InChI is InChI=1S/C11H22N2O4S/c1-3-4-11(14)12-5-8-18(15,16)13-6-7-17-10(2)9-13/h10H,3-9H2,1-2H3,(H,12,14). The van der Waals surface area contributed by atoms with Crippen molar-refractivity contribution in [3.8, 4) is 0 Å². The second-order valence-electron chi connectivity index (χ2n) is 4.46. The van der Waals surface area contributed by atoms with Gasteiger partial charge in [0.05, 0.1) is 18.5 Å². The third-order valence-corrected chi connectivity index (χ3v) is 4.59. The molecule has 0 aromatic heterocycles. The molecule has 1 fully saturated rings. The first-order valence-corrected chi connectivity index (χ1v) is 7.92. The van der Waals surface area contributed by atoms with Crippen LogP contribution in [0.1, 0.15) is 26.7 Å². The highest BCUT2D eigenvalue weighted by Gasteiger charge is 2.27. The van der Waals surface area contributed by atoms with Crippen LogP contribution in [0.25, 0.3) is 0 Å². The molecule has 1 N–H and O–H groups in total. The number of morpholine rings is 1. The summed E-state index contributed by atoms with van der Waals surface area (Å²) in [6.07, 6.45) is 1.14. The van der Waals surface area contributed by atoms with Gasteiger partial charge in [-0.25, -0.2) is 8.42 Å². The van der Waals surface area contributed by atoms with E-state index in [0.29, 0.717) is 26.1 Å². The minimum atomic E-state index is -3.29. The van der Waals surface area contributed by atoms with Crippen molar-refractivity contribution in [3.63, 3.8) is 0 Å². The average molecular weight is 278 g/mol. The van der Waals surface area contributed by atoms with Crippen LogP contribution in [-0.2, 0) is 19.6 Å². The van der Waals surface area contributed by atoms with E-state index in [-0.39, 0.29) is 24.3 Å². The highest BCUT2D eigenvalue weighted by molar-refractivity contribution is 7.89. The largest absolute Gasteiger partial charge is 0.376 e. The number of amides is 1. The summed E-state index contributed by atoms with van der Waals surface area (Å²) in [5.74, 6) is -0.141. The Kier molecular flexibility index (Phi) is 6.04. The molecule has 0 aromatic rings. The Morgan fingerprint density at radius 2 is 2.22 bits per heavy atom. The van der Waals surface area contributed by atoms with E-state index in [1.54, 1.807) is 0 Å². The van der Waals surface area contributed by atoms with Gasteiger partial charge in [0.15, 0.2) is 0 Å². The molecule has 1 aliphatic heterocycles. The van der Waals surface area contributed by atoms with E-state index in [1.165, 1.54) is 4.31 Å². The normalized spacial score (nSPS) is 21.8. The maximum atomic E-state index is 12.0. The Bertz CT molecular complexity index is 369. The zero-order chi connectivity index (χ0) is 13.6. The lowest BCUT2D eigenvalue weighted by Crippen LogP contribution is -2.46. The van der Waals surface area contributed by atoms with Crippen molar-refractivity contribution in [2.24, 2.45) is 0 Å². The molecular formula is C11H22N2O4S. The van der Waals surface area contributed by atoms with Crippen molar-refractivity contribution < 1.29 is 17.9 Å². The maximum absolute atomic E-state index is 12.0. The molecule has 18 heavy (non-hydrogen) atoms. The van der Waals surface area contributed by atoms with Gasteiger partial charge in [-0.05, 0) is 13.3 Å². The van der Waals surface area contributed by atoms with E-state index < -0.39 is 10.0 Å². The fourth-order valence-corrected chi connectivity index (χ4v) is 3.21. The third-order valence-electron chi connectivity index (χ3n) is 2.76. The number of hydrogen-bond acceptors (Lipinski definition) is 4. The molecule has 1 unspecified atom stereocenters. The third kappa shape index (κ3) is 4.91. The lowest BCUT2D eigenvalue weighted by Gasteiger charge is -2.30. The number of carbonyl (C=O) groups is 1. The molecule has 0 spiro atoms. The molecule has 7 heteroatoms. The number of nitrogens with one attached hydrogen (secondary N) is 1. The molecule has 106 valence electrons. The van der Waals surface area contributed by atoms with Crippen molar-refractivity contribution in [3.05, 3.63) is 0 Å². The molecule has 1 saturated heterocycles. The number of carbonyl (C=O) groups excluding carboxylic acids is 1. The maximum Gasteiger partial charge on any atom is 0.220 e. The van der Waals surface area contributed by atoms with Crippen molar-refractivity contribution >= 4 is 15.9 Å². The molecule has 0 aromatic carbocycles. The van der Waals surface area contributed by atoms with E-state index in [2.05, 4.69) is 5.32 Å². The first-order chi connectivity index (χ1) is 8.45. The molecule has 0 aliphatic carbocycles. The number of ether oxygens (including phenoxy) is 1. The van der Waals surface area contributed by atoms with Crippen LogP contribution in [0, 0.1) is 0 Å². The molecule has 1 heterocycles. The van der Waals surface area contributed by atoms with Gasteiger partial charge in [0.25, 0.3) is 0 Å². The molecule has 6 nitrogen and oxygen atoms in total. The summed E-state index contributed by atoms with van der Waals surface area (Å²) in [7, 11) is -3.29. The Morgan fingerprint density at radius 3 is 2.83 bits per heavy atom. The van der Waals surface area contributed by atoms with E-state index in [9.17, 15) is 13.2 Å². The summed E-state index contributed by atoms with van der Waals surface area (Å²) < 4.78 is 30.7. The van der Waals surface area contributed by atoms with Gasteiger partial charge < -0.3 is 10.1 Å². The Hall–Kier alpha value is -0.660. The Balaban J connectivity index is 2.37. The lowest BCUT2D eigenvalue weighted by molar-refractivity contribution is -0.120. The fourth-order valence-electron chi connectivity index (χ4n) is 1.80. The summed E-state index contributed by atoms with van der Waals surface area (Å²) in [5, 5.41) is 2.61. The van der Waals surface area contributed by atoms with Crippen molar-refractivity contribution in [2.45, 2.75) is 32.8 Å². The van der Waals surface area contributed by atoms with Crippen molar-refractivity contribution in [2.75, 3.05) is 32.0 Å². The predicted octanol–water partition coefficient (Wildman–Crippen LogP) is -0.0468. The first kappa shape index (κ1) is 15.4. The van der Waals surface area contributed by atoms with Crippen LogP contribution in [0.5, 0.6) is 0 Å². The monoisotopic (exact) mass is 278 g/mol. The highest BCUT2D eigenvalue weighted by Crippen LogP contribution is 2.09. The predicted molar refractivity (Wildman–Crippen MR) is 68.7 cm³/mol. The zero-order valence-electron chi connectivity index (χ0n) is 11.0. The van der Waals surface area contributed by atoms with Crippen LogP contribution in [0.4, 0.5) is 0 Å². The average Bonchev–Trinajstić information content (AvgIpc) is 2.29. The fraction of sp³-hybridized carbons (Fsp3) is 0.909. The molecular weight excluding hydrogens is 256 g/mol. The second kappa shape index (κ2) is 7.06. The van der Waals surface area contributed by atoms with Gasteiger partial charge in [-0.2, -0.15) is 4.31 Å². The summed E-state index contributed by atoms with van der Waals surface area (Å²) in [5.41, 5.74) is 0. The molecule has 0 radical (unpaired) electrons. The van der Waals surface area contributed by atoms with Crippen LogP contribution in [0.15, 0.2) is 0 Å². The molecule has 1 rings (SSSR count). The van der Waals surface area contributed by atoms with Gasteiger partial charge in [-0.3, -0.25) is 4.79 Å². The van der Waals surface area contributed by atoms with Crippen LogP contribution in [-0.4, -0.2) is 56.7 Å². The van der Waals surface area contributed by atoms with Gasteiger partial charge in [-0.15, -0.1) is 0 Å². The number of hydrogen-bond donors (Lipinski definition) is 1. The van der Waals surface area contributed by atoms with Crippen molar-refractivity contribution in [1.82, 2.24) is 9.62 Å². The van der Waals surface area contributed by atoms with Crippen LogP contribution < -0.4 is 5.32 Å². The van der Waals surface area contributed by atoms with E-state index in [0.717, 1.165) is 6.42 Å². The van der Waals surface area contributed by atoms with Gasteiger partial charge in [0.1, 0.15) is 0 Å². The van der Waals surface area contributed by atoms with Gasteiger partial charge in [-0.1, -0.05) is 6.92 Å². The Labute approximate surface area is 109 Å². The van der Waals surface area contributed by atoms with Gasteiger partial charge in [0, 0.05) is 26.1 Å². The Morgan fingerprint density at radius 1 is 1.50 bits per heavy atom. The number of rotatable bonds is 6. The molecule has 1 amide bonds. The number of nitrogens with zero attached hydrogens (tertiary/aromatic N) is 1. The zero-order valence-corrected chi connectivity index (χ0v) is 11.8. The summed E-state index contributed by atoms with van der Waals surface area (Å²) in [6, 6.07) is 0. The summed E-state index contributed by atoms with van der Waals surface area (Å²) >= 11 is 0. The summed E-state index contributed by atoms with van der Waals surface area (Å²) in [4.78, 5) is 11.2. The van der Waals surface area contributed by atoms with Gasteiger partial charge in [0.2, 0.25) is 15.9 Å². The SMILES string of the molecule is CCCC(=O)NCCS(=O)(=O)N1CCOC(C)C1. The topological polar surface area (TPSA) is 75.7 Å². The smallest absolute Gasteiger partial charge is 0.220 e. The van der Waals surface area contributed by atoms with Crippen molar-refractivity contribution in [1.29, 1.82) is 0 Å². The van der Waals surface area contributed by atoms with Crippen LogP contribution in [0.3, 0.4) is 0 Å². The van der Waals surface area contributed by atoms with Crippen LogP contribution >= 0.6 is 0 Å². The van der Waals surface area contributed by atoms with E-state index in [1.807, 2.05) is 13.8 Å². The second-order valence-corrected chi connectivity index (χ2v) is 6.54. The number of sulfonamides is 1. The minimum Gasteiger partial charge on any atom is -0.376 e. The highest BCUT2D eigenvalue weighted by atomic mass is 32.2. The van der Waals surface area contributed by atoms with E-state index >= 15 is 0 Å².